The third kappa shape index (κ3) is 10.4. The quantitative estimate of drug-likeness (QED) is 0.196. The summed E-state index contributed by atoms with van der Waals surface area (Å²) in [5.41, 5.74) is 1.20. The third-order valence-electron chi connectivity index (χ3n) is 5.89. The van der Waals surface area contributed by atoms with Gasteiger partial charge in [0.15, 0.2) is 5.96 Å². The molecule has 0 radical (unpaired) electrons. The first kappa shape index (κ1) is 26.2. The van der Waals surface area contributed by atoms with Crippen LogP contribution in [0.2, 0.25) is 0 Å². The number of halogens is 1. The minimum atomic E-state index is 0. The molecule has 0 aromatic heterocycles. The number of guanidine groups is 1. The number of aliphatic imine (C=N–C) groups is 1. The molecule has 0 amide bonds. The summed E-state index contributed by atoms with van der Waals surface area (Å²) in [6, 6.07) is 8.39. The Morgan fingerprint density at radius 3 is 2.68 bits per heavy atom. The third-order valence-corrected chi connectivity index (χ3v) is 5.89. The van der Waals surface area contributed by atoms with E-state index in [1.807, 2.05) is 0 Å². The fourth-order valence-electron chi connectivity index (χ4n) is 4.05. The van der Waals surface area contributed by atoms with E-state index < -0.39 is 0 Å². The summed E-state index contributed by atoms with van der Waals surface area (Å²) in [5.74, 6) is 2.46. The number of benzene rings is 1. The molecule has 2 fully saturated rings. The van der Waals surface area contributed by atoms with E-state index in [9.17, 15) is 0 Å². The molecule has 0 atom stereocenters. The van der Waals surface area contributed by atoms with Crippen molar-refractivity contribution in [2.24, 2.45) is 10.9 Å². The standard InChI is InChI=1S/C24H39N3O3.HI/c1-25-24(26-13-6-14-29-19-20-11-15-28-16-12-20)27-18-21-7-5-10-23(17-21)30-22-8-3-2-4-9-22;/h5,7,10,17,20,22H,2-4,6,8-9,11-16,18-19H2,1H3,(H2,25,26,27);1H. The van der Waals surface area contributed by atoms with Crippen LogP contribution in [0.1, 0.15) is 56.9 Å². The molecule has 1 aromatic rings. The molecule has 31 heavy (non-hydrogen) atoms. The van der Waals surface area contributed by atoms with Gasteiger partial charge in [0.05, 0.1) is 6.10 Å². The van der Waals surface area contributed by atoms with Gasteiger partial charge in [0.25, 0.3) is 0 Å². The van der Waals surface area contributed by atoms with Crippen LogP contribution in [-0.4, -0.2) is 52.1 Å². The van der Waals surface area contributed by atoms with Crippen LogP contribution >= 0.6 is 24.0 Å². The van der Waals surface area contributed by atoms with Crippen LogP contribution in [0.3, 0.4) is 0 Å². The van der Waals surface area contributed by atoms with Crippen molar-refractivity contribution in [3.8, 4) is 5.75 Å². The Kier molecular flexibility index (Phi) is 13.3. The van der Waals surface area contributed by atoms with Crippen molar-refractivity contribution in [1.29, 1.82) is 0 Å². The van der Waals surface area contributed by atoms with Crippen LogP contribution in [-0.2, 0) is 16.0 Å². The highest BCUT2D eigenvalue weighted by atomic mass is 127. The number of hydrogen-bond donors (Lipinski definition) is 2. The lowest BCUT2D eigenvalue weighted by atomic mass is 9.98. The molecule has 0 spiro atoms. The molecule has 1 aliphatic carbocycles. The monoisotopic (exact) mass is 545 g/mol. The molecule has 0 bridgehead atoms. The summed E-state index contributed by atoms with van der Waals surface area (Å²) in [5, 5.41) is 6.75. The maximum Gasteiger partial charge on any atom is 0.191 e. The number of nitrogens with zero attached hydrogens (tertiary/aromatic N) is 1. The van der Waals surface area contributed by atoms with Gasteiger partial charge in [-0.3, -0.25) is 4.99 Å². The van der Waals surface area contributed by atoms with E-state index in [1.54, 1.807) is 7.05 Å². The van der Waals surface area contributed by atoms with Crippen molar-refractivity contribution < 1.29 is 14.2 Å². The van der Waals surface area contributed by atoms with Crippen LogP contribution in [0.25, 0.3) is 0 Å². The molecule has 1 aliphatic heterocycles. The topological polar surface area (TPSA) is 64.1 Å². The molecule has 176 valence electrons. The van der Waals surface area contributed by atoms with Crippen molar-refractivity contribution in [2.75, 3.05) is 40.0 Å². The zero-order valence-corrected chi connectivity index (χ0v) is 21.3. The molecule has 3 rings (SSSR count). The predicted octanol–water partition coefficient (Wildman–Crippen LogP) is 4.51. The van der Waals surface area contributed by atoms with Crippen LogP contribution in [0.4, 0.5) is 0 Å². The van der Waals surface area contributed by atoms with Crippen LogP contribution in [0.5, 0.6) is 5.75 Å². The highest BCUT2D eigenvalue weighted by Crippen LogP contribution is 2.24. The Bertz CT molecular complexity index is 632. The van der Waals surface area contributed by atoms with E-state index in [0.29, 0.717) is 12.0 Å². The highest BCUT2D eigenvalue weighted by molar-refractivity contribution is 14.0. The van der Waals surface area contributed by atoms with E-state index in [4.69, 9.17) is 14.2 Å². The lowest BCUT2D eigenvalue weighted by Gasteiger charge is -2.23. The van der Waals surface area contributed by atoms with Gasteiger partial charge in [0, 0.05) is 46.6 Å². The zero-order chi connectivity index (χ0) is 20.9. The Morgan fingerprint density at radius 2 is 1.90 bits per heavy atom. The fraction of sp³-hybridized carbons (Fsp3) is 0.708. The SMILES string of the molecule is CN=C(NCCCOCC1CCOCC1)NCc1cccc(OC2CCCCC2)c1.I. The maximum absolute atomic E-state index is 6.18. The van der Waals surface area contributed by atoms with Crippen molar-refractivity contribution in [3.05, 3.63) is 29.8 Å². The molecule has 1 aromatic carbocycles. The molecule has 1 heterocycles. The van der Waals surface area contributed by atoms with Crippen LogP contribution in [0.15, 0.2) is 29.3 Å². The molecule has 2 N–H and O–H groups in total. The lowest BCUT2D eigenvalue weighted by Crippen LogP contribution is -2.37. The second kappa shape index (κ2) is 15.7. The van der Waals surface area contributed by atoms with Gasteiger partial charge in [0.2, 0.25) is 0 Å². The molecule has 1 saturated heterocycles. The molecule has 2 aliphatic rings. The van der Waals surface area contributed by atoms with Crippen molar-refractivity contribution in [1.82, 2.24) is 10.6 Å². The summed E-state index contributed by atoms with van der Waals surface area (Å²) in [4.78, 5) is 4.32. The lowest BCUT2D eigenvalue weighted by molar-refractivity contribution is 0.0203. The van der Waals surface area contributed by atoms with Gasteiger partial charge >= 0.3 is 0 Å². The summed E-state index contributed by atoms with van der Waals surface area (Å²) in [7, 11) is 1.81. The summed E-state index contributed by atoms with van der Waals surface area (Å²) >= 11 is 0. The van der Waals surface area contributed by atoms with E-state index in [-0.39, 0.29) is 24.0 Å². The van der Waals surface area contributed by atoms with Gasteiger partial charge in [0.1, 0.15) is 5.75 Å². The number of nitrogens with one attached hydrogen (secondary N) is 2. The highest BCUT2D eigenvalue weighted by Gasteiger charge is 2.15. The summed E-state index contributed by atoms with van der Waals surface area (Å²) in [6.07, 6.45) is 9.87. The first-order valence-electron chi connectivity index (χ1n) is 11.7. The van der Waals surface area contributed by atoms with Gasteiger partial charge < -0.3 is 24.8 Å². The molecule has 6 nitrogen and oxygen atoms in total. The molecular formula is C24H40IN3O3. The smallest absolute Gasteiger partial charge is 0.191 e. The first-order chi connectivity index (χ1) is 14.8. The fourth-order valence-corrected chi connectivity index (χ4v) is 4.05. The molecule has 7 heteroatoms. The van der Waals surface area contributed by atoms with E-state index in [1.165, 1.54) is 37.7 Å². The molecule has 1 saturated carbocycles. The van der Waals surface area contributed by atoms with E-state index in [2.05, 4.69) is 39.9 Å². The van der Waals surface area contributed by atoms with E-state index in [0.717, 1.165) is 70.5 Å². The Labute approximate surface area is 204 Å². The summed E-state index contributed by atoms with van der Waals surface area (Å²) < 4.78 is 17.4. The van der Waals surface area contributed by atoms with Gasteiger partial charge in [-0.1, -0.05) is 18.6 Å². The minimum absolute atomic E-state index is 0. The van der Waals surface area contributed by atoms with Crippen LogP contribution in [0, 0.1) is 5.92 Å². The Morgan fingerprint density at radius 1 is 1.10 bits per heavy atom. The normalized spacial score (nSPS) is 18.3. The molecule has 0 unspecified atom stereocenters. The van der Waals surface area contributed by atoms with Crippen molar-refractivity contribution in [2.45, 2.75) is 64.0 Å². The average molecular weight is 546 g/mol. The second-order valence-corrected chi connectivity index (χ2v) is 8.36. The van der Waals surface area contributed by atoms with Gasteiger partial charge in [-0.15, -0.1) is 24.0 Å². The van der Waals surface area contributed by atoms with Gasteiger partial charge in [-0.25, -0.2) is 0 Å². The number of ether oxygens (including phenoxy) is 3. The van der Waals surface area contributed by atoms with Crippen molar-refractivity contribution in [3.63, 3.8) is 0 Å². The largest absolute Gasteiger partial charge is 0.490 e. The van der Waals surface area contributed by atoms with Gasteiger partial charge in [-0.2, -0.15) is 0 Å². The summed E-state index contributed by atoms with van der Waals surface area (Å²) in [6.45, 7) is 4.97. The number of rotatable bonds is 10. The van der Waals surface area contributed by atoms with E-state index >= 15 is 0 Å². The van der Waals surface area contributed by atoms with Crippen molar-refractivity contribution >= 4 is 29.9 Å². The second-order valence-electron chi connectivity index (χ2n) is 8.36. The van der Waals surface area contributed by atoms with Gasteiger partial charge in [-0.05, 0) is 68.6 Å². The zero-order valence-electron chi connectivity index (χ0n) is 18.9. The van der Waals surface area contributed by atoms with Crippen LogP contribution < -0.4 is 15.4 Å². The first-order valence-corrected chi connectivity index (χ1v) is 11.7. The average Bonchev–Trinajstić information content (AvgIpc) is 2.80. The number of hydrogen-bond acceptors (Lipinski definition) is 4. The minimum Gasteiger partial charge on any atom is -0.490 e. The Hall–Kier alpha value is -1.06. The maximum atomic E-state index is 6.18. The Balaban J connectivity index is 0.00000341. The molecular weight excluding hydrogens is 505 g/mol. The predicted molar refractivity (Wildman–Crippen MR) is 137 cm³/mol.